The molecule has 5 nitrogen and oxygen atoms in total. The number of carbonyl (C=O) groups is 1. The lowest BCUT2D eigenvalue weighted by atomic mass is 10.3. The van der Waals surface area contributed by atoms with Crippen molar-refractivity contribution in [2.45, 2.75) is 6.42 Å². The van der Waals surface area contributed by atoms with Crippen LogP contribution in [0, 0.1) is 0 Å². The predicted octanol–water partition coefficient (Wildman–Crippen LogP) is -1.41. The molecule has 0 radical (unpaired) electrons. The average molecular weight is 206 g/mol. The van der Waals surface area contributed by atoms with Crippen LogP contribution in [0.15, 0.2) is 0 Å². The molecule has 0 aromatic heterocycles. The van der Waals surface area contributed by atoms with E-state index in [1.54, 1.807) is 0 Å². The van der Waals surface area contributed by atoms with Crippen LogP contribution in [-0.2, 0) is 14.6 Å². The molecule has 76 valence electrons. The topological polar surface area (TPSA) is 80.5 Å². The SMILES string of the molecule is NC(=O)CCN1CCS(=O)(=O)CC1. The molecule has 0 aromatic rings. The lowest BCUT2D eigenvalue weighted by Gasteiger charge is -2.25. The first-order valence-electron chi connectivity index (χ1n) is 4.21. The van der Waals surface area contributed by atoms with E-state index >= 15 is 0 Å². The maximum absolute atomic E-state index is 11.0. The number of nitrogens with zero attached hydrogens (tertiary/aromatic N) is 1. The summed E-state index contributed by atoms with van der Waals surface area (Å²) in [4.78, 5) is 12.4. The normalized spacial score (nSPS) is 22.8. The van der Waals surface area contributed by atoms with Crippen molar-refractivity contribution in [2.75, 3.05) is 31.1 Å². The Morgan fingerprint density at radius 1 is 1.31 bits per heavy atom. The molecular weight excluding hydrogens is 192 g/mol. The quantitative estimate of drug-likeness (QED) is 0.615. The Morgan fingerprint density at radius 3 is 2.31 bits per heavy atom. The van der Waals surface area contributed by atoms with Crippen molar-refractivity contribution in [3.63, 3.8) is 0 Å². The van der Waals surface area contributed by atoms with E-state index in [-0.39, 0.29) is 17.4 Å². The van der Waals surface area contributed by atoms with Gasteiger partial charge < -0.3 is 10.6 Å². The van der Waals surface area contributed by atoms with E-state index < -0.39 is 9.84 Å². The first-order chi connectivity index (χ1) is 5.99. The maximum Gasteiger partial charge on any atom is 0.218 e. The zero-order valence-electron chi connectivity index (χ0n) is 7.40. The summed E-state index contributed by atoms with van der Waals surface area (Å²) in [7, 11) is -2.81. The van der Waals surface area contributed by atoms with Gasteiger partial charge in [-0.3, -0.25) is 4.79 Å². The molecule has 0 spiro atoms. The van der Waals surface area contributed by atoms with Crippen molar-refractivity contribution in [1.29, 1.82) is 0 Å². The highest BCUT2D eigenvalue weighted by Gasteiger charge is 2.21. The molecule has 2 N–H and O–H groups in total. The molecule has 0 unspecified atom stereocenters. The zero-order chi connectivity index (χ0) is 9.90. The molecule has 0 atom stereocenters. The molecule has 1 aliphatic heterocycles. The summed E-state index contributed by atoms with van der Waals surface area (Å²) in [6.07, 6.45) is 0.306. The molecule has 0 aliphatic carbocycles. The summed E-state index contributed by atoms with van der Waals surface area (Å²) in [5.41, 5.74) is 4.98. The standard InChI is InChI=1S/C7H14N2O3S/c8-7(10)1-2-9-3-5-13(11,12)6-4-9/h1-6H2,(H2,8,10). The highest BCUT2D eigenvalue weighted by Crippen LogP contribution is 2.03. The fourth-order valence-electron chi connectivity index (χ4n) is 1.24. The second-order valence-electron chi connectivity index (χ2n) is 3.21. The summed E-state index contributed by atoms with van der Waals surface area (Å²) in [5.74, 6) is 0.0609. The summed E-state index contributed by atoms with van der Waals surface area (Å²) >= 11 is 0. The third-order valence-electron chi connectivity index (χ3n) is 2.11. The van der Waals surface area contributed by atoms with Crippen molar-refractivity contribution in [2.24, 2.45) is 5.73 Å². The Bertz CT molecular complexity index is 272. The zero-order valence-corrected chi connectivity index (χ0v) is 8.22. The van der Waals surface area contributed by atoms with E-state index in [0.717, 1.165) is 0 Å². The van der Waals surface area contributed by atoms with Gasteiger partial charge in [0.25, 0.3) is 0 Å². The van der Waals surface area contributed by atoms with Crippen LogP contribution in [0.1, 0.15) is 6.42 Å². The molecule has 1 heterocycles. The molecule has 6 heteroatoms. The Hall–Kier alpha value is -0.620. The lowest BCUT2D eigenvalue weighted by Crippen LogP contribution is -2.41. The van der Waals surface area contributed by atoms with Gasteiger partial charge in [0.15, 0.2) is 9.84 Å². The summed E-state index contributed by atoms with van der Waals surface area (Å²) in [6.45, 7) is 1.62. The number of rotatable bonds is 3. The second-order valence-corrected chi connectivity index (χ2v) is 5.51. The molecule has 0 saturated carbocycles. The molecule has 1 fully saturated rings. The van der Waals surface area contributed by atoms with Gasteiger partial charge in [0.05, 0.1) is 11.5 Å². The summed E-state index contributed by atoms with van der Waals surface area (Å²) in [6, 6.07) is 0. The molecule has 1 rings (SSSR count). The Balaban J connectivity index is 2.29. The van der Waals surface area contributed by atoms with Crippen LogP contribution in [0.25, 0.3) is 0 Å². The van der Waals surface area contributed by atoms with Crippen LogP contribution < -0.4 is 5.73 Å². The Labute approximate surface area is 77.8 Å². The Kier molecular flexibility index (Phi) is 3.27. The van der Waals surface area contributed by atoms with E-state index in [9.17, 15) is 13.2 Å². The molecule has 1 aliphatic rings. The Morgan fingerprint density at radius 2 is 1.85 bits per heavy atom. The van der Waals surface area contributed by atoms with Gasteiger partial charge in [-0.05, 0) is 0 Å². The third-order valence-corrected chi connectivity index (χ3v) is 3.72. The smallest absolute Gasteiger partial charge is 0.218 e. The molecular formula is C7H14N2O3S. The summed E-state index contributed by atoms with van der Waals surface area (Å²) < 4.78 is 22.0. The van der Waals surface area contributed by atoms with Gasteiger partial charge in [-0.2, -0.15) is 0 Å². The number of carbonyl (C=O) groups excluding carboxylic acids is 1. The van der Waals surface area contributed by atoms with Crippen molar-refractivity contribution in [1.82, 2.24) is 4.90 Å². The van der Waals surface area contributed by atoms with Gasteiger partial charge in [-0.15, -0.1) is 0 Å². The van der Waals surface area contributed by atoms with Gasteiger partial charge in [0.2, 0.25) is 5.91 Å². The minimum Gasteiger partial charge on any atom is -0.370 e. The number of primary amides is 1. The molecule has 1 amide bonds. The van der Waals surface area contributed by atoms with E-state index in [1.165, 1.54) is 0 Å². The number of amides is 1. The van der Waals surface area contributed by atoms with Crippen molar-refractivity contribution < 1.29 is 13.2 Å². The van der Waals surface area contributed by atoms with Crippen LogP contribution in [0.4, 0.5) is 0 Å². The maximum atomic E-state index is 11.0. The lowest BCUT2D eigenvalue weighted by molar-refractivity contribution is -0.118. The van der Waals surface area contributed by atoms with Crippen molar-refractivity contribution >= 4 is 15.7 Å². The molecule has 1 saturated heterocycles. The molecule has 0 aromatic carbocycles. The van der Waals surface area contributed by atoms with Gasteiger partial charge >= 0.3 is 0 Å². The van der Waals surface area contributed by atoms with Crippen LogP contribution in [0.2, 0.25) is 0 Å². The van der Waals surface area contributed by atoms with Gasteiger partial charge in [-0.25, -0.2) is 8.42 Å². The van der Waals surface area contributed by atoms with Crippen LogP contribution in [0.3, 0.4) is 0 Å². The van der Waals surface area contributed by atoms with Gasteiger partial charge in [-0.1, -0.05) is 0 Å². The van der Waals surface area contributed by atoms with Crippen molar-refractivity contribution in [3.05, 3.63) is 0 Å². The minimum atomic E-state index is -2.81. The molecule has 0 bridgehead atoms. The largest absolute Gasteiger partial charge is 0.370 e. The van der Waals surface area contributed by atoms with E-state index in [0.29, 0.717) is 26.1 Å². The second kappa shape index (κ2) is 4.06. The number of hydrogen-bond acceptors (Lipinski definition) is 4. The fourth-order valence-corrected chi connectivity index (χ4v) is 2.52. The van der Waals surface area contributed by atoms with Gasteiger partial charge in [0, 0.05) is 26.1 Å². The fraction of sp³-hybridized carbons (Fsp3) is 0.857. The van der Waals surface area contributed by atoms with Crippen molar-refractivity contribution in [3.8, 4) is 0 Å². The molecule has 13 heavy (non-hydrogen) atoms. The number of nitrogens with two attached hydrogens (primary N) is 1. The number of sulfone groups is 1. The van der Waals surface area contributed by atoms with Gasteiger partial charge in [0.1, 0.15) is 0 Å². The number of hydrogen-bond donors (Lipinski definition) is 1. The first kappa shape index (κ1) is 10.5. The minimum absolute atomic E-state index is 0.200. The first-order valence-corrected chi connectivity index (χ1v) is 6.03. The third kappa shape index (κ3) is 3.73. The van der Waals surface area contributed by atoms with E-state index in [4.69, 9.17) is 5.73 Å². The van der Waals surface area contributed by atoms with E-state index in [2.05, 4.69) is 0 Å². The predicted molar refractivity (Wildman–Crippen MR) is 48.9 cm³/mol. The monoisotopic (exact) mass is 206 g/mol. The average Bonchev–Trinajstić information content (AvgIpc) is 2.02. The van der Waals surface area contributed by atoms with Crippen LogP contribution in [-0.4, -0.2) is 50.4 Å². The highest BCUT2D eigenvalue weighted by atomic mass is 32.2. The van der Waals surface area contributed by atoms with Crippen LogP contribution in [0.5, 0.6) is 0 Å². The summed E-state index contributed by atoms with van der Waals surface area (Å²) in [5, 5.41) is 0. The highest BCUT2D eigenvalue weighted by molar-refractivity contribution is 7.91. The van der Waals surface area contributed by atoms with Crippen LogP contribution >= 0.6 is 0 Å². The van der Waals surface area contributed by atoms with E-state index in [1.807, 2.05) is 4.90 Å².